The number of nitro benzene ring substituents is 1. The third-order valence-electron chi connectivity index (χ3n) is 3.57. The molecule has 28 heavy (non-hydrogen) atoms. The van der Waals surface area contributed by atoms with Gasteiger partial charge in [-0.3, -0.25) is 10.1 Å². The Hall–Kier alpha value is -3.46. The lowest BCUT2D eigenvalue weighted by atomic mass is 10.2. The molecule has 0 aliphatic carbocycles. The summed E-state index contributed by atoms with van der Waals surface area (Å²) in [6.45, 7) is 1.68. The van der Waals surface area contributed by atoms with Crippen molar-refractivity contribution < 1.29 is 23.7 Å². The second-order valence-corrected chi connectivity index (χ2v) is 5.91. The molecule has 0 atom stereocenters. The van der Waals surface area contributed by atoms with Gasteiger partial charge in [0.2, 0.25) is 5.82 Å². The van der Waals surface area contributed by atoms with Gasteiger partial charge < -0.3 is 14.0 Å². The fraction of sp³-hybridized carbons (Fsp3) is 0.167. The van der Waals surface area contributed by atoms with Crippen LogP contribution in [-0.4, -0.2) is 27.6 Å². The molecule has 144 valence electrons. The zero-order chi connectivity index (χ0) is 20.1. The minimum Gasteiger partial charge on any atom is -0.487 e. The minimum atomic E-state index is -0.770. The highest BCUT2D eigenvalue weighted by Crippen LogP contribution is 2.28. The summed E-state index contributed by atoms with van der Waals surface area (Å²) < 4.78 is 15.3. The van der Waals surface area contributed by atoms with Crippen molar-refractivity contribution in [3.8, 4) is 17.1 Å². The van der Waals surface area contributed by atoms with E-state index in [2.05, 4.69) is 10.1 Å². The summed E-state index contributed by atoms with van der Waals surface area (Å²) in [6.07, 6.45) is 0. The normalized spacial score (nSPS) is 10.5. The first kappa shape index (κ1) is 19.3. The van der Waals surface area contributed by atoms with Crippen molar-refractivity contribution in [1.29, 1.82) is 0 Å². The second-order valence-electron chi connectivity index (χ2n) is 5.47. The van der Waals surface area contributed by atoms with E-state index in [4.69, 9.17) is 25.6 Å². The van der Waals surface area contributed by atoms with Crippen LogP contribution in [-0.2, 0) is 11.3 Å². The maximum Gasteiger partial charge on any atom is 0.338 e. The average molecular weight is 404 g/mol. The number of aromatic nitrogens is 2. The summed E-state index contributed by atoms with van der Waals surface area (Å²) in [4.78, 5) is 26.8. The van der Waals surface area contributed by atoms with Crippen LogP contribution < -0.4 is 4.74 Å². The smallest absolute Gasteiger partial charge is 0.338 e. The van der Waals surface area contributed by atoms with Gasteiger partial charge in [-0.05, 0) is 31.2 Å². The van der Waals surface area contributed by atoms with E-state index < -0.39 is 10.9 Å². The van der Waals surface area contributed by atoms with Gasteiger partial charge in [-0.1, -0.05) is 28.9 Å². The van der Waals surface area contributed by atoms with Crippen LogP contribution in [0.1, 0.15) is 23.2 Å². The fourth-order valence-electron chi connectivity index (χ4n) is 2.33. The van der Waals surface area contributed by atoms with E-state index in [-0.39, 0.29) is 36.1 Å². The van der Waals surface area contributed by atoms with Gasteiger partial charge in [0.15, 0.2) is 12.4 Å². The van der Waals surface area contributed by atoms with E-state index in [1.54, 1.807) is 31.2 Å². The van der Waals surface area contributed by atoms with Crippen molar-refractivity contribution in [3.05, 3.63) is 69.1 Å². The van der Waals surface area contributed by atoms with Crippen molar-refractivity contribution in [2.24, 2.45) is 0 Å². The quantitative estimate of drug-likeness (QED) is 0.329. The van der Waals surface area contributed by atoms with Crippen molar-refractivity contribution in [3.63, 3.8) is 0 Å². The zero-order valence-corrected chi connectivity index (χ0v) is 15.4. The number of carbonyl (C=O) groups is 1. The molecule has 1 aromatic heterocycles. The lowest BCUT2D eigenvalue weighted by Crippen LogP contribution is -2.07. The number of nitrogens with zero attached hydrogens (tertiary/aromatic N) is 3. The molecule has 0 aliphatic rings. The number of hydrogen-bond donors (Lipinski definition) is 0. The van der Waals surface area contributed by atoms with E-state index in [0.29, 0.717) is 16.4 Å². The monoisotopic (exact) mass is 403 g/mol. The van der Waals surface area contributed by atoms with E-state index in [0.717, 1.165) is 6.07 Å². The molecule has 0 unspecified atom stereocenters. The molecule has 0 amide bonds. The van der Waals surface area contributed by atoms with Gasteiger partial charge in [0.25, 0.3) is 5.89 Å². The summed E-state index contributed by atoms with van der Waals surface area (Å²) in [5.41, 5.74) is 0.332. The Bertz CT molecular complexity index is 1020. The largest absolute Gasteiger partial charge is 0.487 e. The molecule has 3 aromatic rings. The van der Waals surface area contributed by atoms with E-state index in [1.165, 1.54) is 12.1 Å². The number of hydrogen-bond acceptors (Lipinski definition) is 8. The van der Waals surface area contributed by atoms with Gasteiger partial charge >= 0.3 is 11.7 Å². The zero-order valence-electron chi connectivity index (χ0n) is 14.6. The van der Waals surface area contributed by atoms with Crippen molar-refractivity contribution in [1.82, 2.24) is 10.1 Å². The van der Waals surface area contributed by atoms with Crippen LogP contribution in [0.5, 0.6) is 5.75 Å². The number of esters is 1. The summed E-state index contributed by atoms with van der Waals surface area (Å²) in [7, 11) is 0. The molecule has 0 N–H and O–H groups in total. The molecule has 0 fully saturated rings. The first-order valence-electron chi connectivity index (χ1n) is 8.15. The summed E-state index contributed by atoms with van der Waals surface area (Å²) in [5, 5.41) is 15.5. The fourth-order valence-corrected chi connectivity index (χ4v) is 2.52. The van der Waals surface area contributed by atoms with E-state index in [1.807, 2.05) is 0 Å². The van der Waals surface area contributed by atoms with Gasteiger partial charge in [-0.25, -0.2) is 4.79 Å². The van der Waals surface area contributed by atoms with E-state index >= 15 is 0 Å². The SMILES string of the molecule is CCOc1ccc(C(=O)OCc2nc(-c3cccc(Cl)c3)no2)cc1[N+](=O)[O-]. The molecule has 2 aromatic carbocycles. The van der Waals surface area contributed by atoms with Crippen LogP contribution in [0.2, 0.25) is 5.02 Å². The Morgan fingerprint density at radius 2 is 2.11 bits per heavy atom. The molecule has 0 bridgehead atoms. The highest BCUT2D eigenvalue weighted by Gasteiger charge is 2.20. The van der Waals surface area contributed by atoms with Gasteiger partial charge in [-0.15, -0.1) is 0 Å². The molecule has 0 radical (unpaired) electrons. The summed E-state index contributed by atoms with van der Waals surface area (Å²) in [6, 6.07) is 10.7. The molecule has 1 heterocycles. The topological polar surface area (TPSA) is 118 Å². The molecular formula is C18H14ClN3O6. The van der Waals surface area contributed by atoms with Gasteiger partial charge in [0, 0.05) is 16.7 Å². The predicted molar refractivity (Wildman–Crippen MR) is 98.1 cm³/mol. The molecule has 0 spiro atoms. The maximum atomic E-state index is 12.2. The van der Waals surface area contributed by atoms with Crippen LogP contribution in [0.4, 0.5) is 5.69 Å². The van der Waals surface area contributed by atoms with Gasteiger partial charge in [0.1, 0.15) is 0 Å². The third kappa shape index (κ3) is 4.44. The Balaban J connectivity index is 1.69. The lowest BCUT2D eigenvalue weighted by molar-refractivity contribution is -0.385. The summed E-state index contributed by atoms with van der Waals surface area (Å²) >= 11 is 5.93. The molecule has 9 nitrogen and oxygen atoms in total. The average Bonchev–Trinajstić information content (AvgIpc) is 3.15. The van der Waals surface area contributed by atoms with Crippen LogP contribution in [0, 0.1) is 10.1 Å². The van der Waals surface area contributed by atoms with E-state index in [9.17, 15) is 14.9 Å². The highest BCUT2D eigenvalue weighted by molar-refractivity contribution is 6.30. The number of halogens is 1. The van der Waals surface area contributed by atoms with Crippen LogP contribution >= 0.6 is 11.6 Å². The maximum absolute atomic E-state index is 12.2. The number of nitro groups is 1. The third-order valence-corrected chi connectivity index (χ3v) is 3.80. The van der Waals surface area contributed by atoms with Gasteiger partial charge in [0.05, 0.1) is 17.1 Å². The minimum absolute atomic E-state index is 0.00438. The van der Waals surface area contributed by atoms with Crippen molar-refractivity contribution >= 4 is 23.3 Å². The number of benzene rings is 2. The van der Waals surface area contributed by atoms with Gasteiger partial charge in [-0.2, -0.15) is 4.98 Å². The molecule has 0 aliphatic heterocycles. The molecular weight excluding hydrogens is 390 g/mol. The second kappa shape index (κ2) is 8.49. The molecule has 10 heteroatoms. The lowest BCUT2D eigenvalue weighted by Gasteiger charge is -2.06. The first-order valence-corrected chi connectivity index (χ1v) is 8.52. The van der Waals surface area contributed by atoms with Crippen LogP contribution in [0.25, 0.3) is 11.4 Å². The molecule has 0 saturated heterocycles. The molecule has 3 rings (SSSR count). The van der Waals surface area contributed by atoms with Crippen molar-refractivity contribution in [2.75, 3.05) is 6.61 Å². The predicted octanol–water partition coefficient (Wildman–Crippen LogP) is 4.05. The number of carbonyl (C=O) groups excluding carboxylic acids is 1. The Kier molecular flexibility index (Phi) is 5.85. The molecule has 0 saturated carbocycles. The highest BCUT2D eigenvalue weighted by atomic mass is 35.5. The summed E-state index contributed by atoms with van der Waals surface area (Å²) in [5.74, 6) is -0.324. The van der Waals surface area contributed by atoms with Crippen LogP contribution in [0.3, 0.4) is 0 Å². The van der Waals surface area contributed by atoms with Crippen molar-refractivity contribution in [2.45, 2.75) is 13.5 Å². The Labute approximate surface area is 164 Å². The van der Waals surface area contributed by atoms with Crippen LogP contribution in [0.15, 0.2) is 47.0 Å². The Morgan fingerprint density at radius 3 is 2.82 bits per heavy atom. The number of ether oxygens (including phenoxy) is 2. The standard InChI is InChI=1S/C18H14ClN3O6/c1-2-26-15-7-6-12(9-14(15)22(24)25)18(23)27-10-16-20-17(21-28-16)11-4-3-5-13(19)8-11/h3-9H,2,10H2,1H3. The number of rotatable bonds is 7. The first-order chi connectivity index (χ1) is 13.5. The Morgan fingerprint density at radius 1 is 1.29 bits per heavy atom.